The van der Waals surface area contributed by atoms with Gasteiger partial charge in [-0.25, -0.2) is 15.0 Å². The van der Waals surface area contributed by atoms with Gasteiger partial charge in [-0.3, -0.25) is 9.36 Å². The lowest BCUT2D eigenvalue weighted by atomic mass is 9.96. The van der Waals surface area contributed by atoms with Gasteiger partial charge in [0, 0.05) is 5.41 Å². The third-order valence-electron chi connectivity index (χ3n) is 2.22. The van der Waals surface area contributed by atoms with E-state index in [1.807, 2.05) is 20.8 Å². The van der Waals surface area contributed by atoms with E-state index in [0.29, 0.717) is 11.2 Å². The largest absolute Gasteiger partial charge is 0.382 e. The van der Waals surface area contributed by atoms with Crippen LogP contribution in [0.4, 0.5) is 5.82 Å². The van der Waals surface area contributed by atoms with Gasteiger partial charge in [-0.05, 0) is 0 Å². The molecule has 16 heavy (non-hydrogen) atoms. The van der Waals surface area contributed by atoms with Crippen LogP contribution in [0.15, 0.2) is 12.7 Å². The zero-order valence-electron chi connectivity index (χ0n) is 9.43. The maximum atomic E-state index is 12.1. The van der Waals surface area contributed by atoms with Gasteiger partial charge in [-0.1, -0.05) is 20.8 Å². The van der Waals surface area contributed by atoms with E-state index < -0.39 is 5.41 Å². The summed E-state index contributed by atoms with van der Waals surface area (Å²) < 4.78 is 1.41. The lowest BCUT2D eigenvalue weighted by molar-refractivity contribution is 0.0771. The molecule has 2 rings (SSSR count). The molecular formula is C10H13N5O. The number of hydrogen-bond donors (Lipinski definition) is 1. The molecule has 6 heteroatoms. The van der Waals surface area contributed by atoms with Crippen LogP contribution in [0.25, 0.3) is 11.2 Å². The normalized spacial score (nSPS) is 11.9. The SMILES string of the molecule is CC(C)(C)C(=O)n1cnc2c(N)ncnc21. The Balaban J connectivity index is 2.64. The summed E-state index contributed by atoms with van der Waals surface area (Å²) in [5.41, 5.74) is 6.06. The molecule has 0 unspecified atom stereocenters. The van der Waals surface area contributed by atoms with E-state index in [1.165, 1.54) is 17.2 Å². The number of nitrogen functional groups attached to an aromatic ring is 1. The third kappa shape index (κ3) is 1.52. The molecule has 0 atom stereocenters. The average molecular weight is 219 g/mol. The van der Waals surface area contributed by atoms with Gasteiger partial charge in [0.15, 0.2) is 17.0 Å². The molecule has 0 radical (unpaired) electrons. The number of rotatable bonds is 0. The summed E-state index contributed by atoms with van der Waals surface area (Å²) in [7, 11) is 0. The van der Waals surface area contributed by atoms with Crippen molar-refractivity contribution >= 4 is 22.9 Å². The molecular weight excluding hydrogens is 206 g/mol. The average Bonchev–Trinajstić information content (AvgIpc) is 2.60. The maximum absolute atomic E-state index is 12.1. The van der Waals surface area contributed by atoms with Crippen LogP contribution in [0.5, 0.6) is 0 Å². The Morgan fingerprint density at radius 2 is 2.00 bits per heavy atom. The lowest BCUT2D eigenvalue weighted by Crippen LogP contribution is -2.26. The minimum Gasteiger partial charge on any atom is -0.382 e. The molecule has 0 aliphatic carbocycles. The predicted molar refractivity (Wildman–Crippen MR) is 59.8 cm³/mol. The molecule has 84 valence electrons. The summed E-state index contributed by atoms with van der Waals surface area (Å²) in [5, 5.41) is 0. The Morgan fingerprint density at radius 1 is 1.31 bits per heavy atom. The summed E-state index contributed by atoms with van der Waals surface area (Å²) in [6.07, 6.45) is 2.76. The van der Waals surface area contributed by atoms with E-state index in [2.05, 4.69) is 15.0 Å². The van der Waals surface area contributed by atoms with E-state index in [1.54, 1.807) is 0 Å². The Kier molecular flexibility index (Phi) is 2.15. The van der Waals surface area contributed by atoms with Gasteiger partial charge in [-0.15, -0.1) is 0 Å². The van der Waals surface area contributed by atoms with Crippen LogP contribution in [-0.4, -0.2) is 25.4 Å². The van der Waals surface area contributed by atoms with Crippen LogP contribution in [0, 0.1) is 5.41 Å². The number of aromatic nitrogens is 4. The molecule has 2 heterocycles. The first-order chi connectivity index (χ1) is 7.41. The number of anilines is 1. The zero-order chi connectivity index (χ0) is 11.9. The minimum atomic E-state index is -0.493. The second-order valence-corrected chi connectivity index (χ2v) is 4.60. The number of carbonyl (C=O) groups is 1. The molecule has 0 fully saturated rings. The fourth-order valence-electron chi connectivity index (χ4n) is 1.36. The van der Waals surface area contributed by atoms with E-state index in [4.69, 9.17) is 5.73 Å². The second-order valence-electron chi connectivity index (χ2n) is 4.60. The van der Waals surface area contributed by atoms with Gasteiger partial charge < -0.3 is 5.73 Å². The van der Waals surface area contributed by atoms with Crippen molar-refractivity contribution in [1.82, 2.24) is 19.5 Å². The Labute approximate surface area is 92.5 Å². The predicted octanol–water partition coefficient (Wildman–Crippen LogP) is 1.09. The van der Waals surface area contributed by atoms with Crippen molar-refractivity contribution < 1.29 is 4.79 Å². The van der Waals surface area contributed by atoms with E-state index in [-0.39, 0.29) is 11.7 Å². The van der Waals surface area contributed by atoms with Crippen LogP contribution in [0.3, 0.4) is 0 Å². The van der Waals surface area contributed by atoms with Gasteiger partial charge in [-0.2, -0.15) is 0 Å². The minimum absolute atomic E-state index is 0.0758. The first-order valence-corrected chi connectivity index (χ1v) is 4.89. The van der Waals surface area contributed by atoms with Crippen LogP contribution < -0.4 is 5.73 Å². The van der Waals surface area contributed by atoms with Crippen LogP contribution in [-0.2, 0) is 0 Å². The Morgan fingerprint density at radius 3 is 2.62 bits per heavy atom. The molecule has 2 aromatic heterocycles. The zero-order valence-corrected chi connectivity index (χ0v) is 9.43. The summed E-state index contributed by atoms with van der Waals surface area (Å²) in [4.78, 5) is 24.0. The second kappa shape index (κ2) is 3.26. The standard InChI is InChI=1S/C10H13N5O/c1-10(2,3)9(16)15-5-14-6-7(11)12-4-13-8(6)15/h4-5H,1-3H3,(H2,11,12,13). The highest BCUT2D eigenvalue weighted by Crippen LogP contribution is 2.21. The molecule has 2 N–H and O–H groups in total. The highest BCUT2D eigenvalue weighted by molar-refractivity contribution is 5.93. The lowest BCUT2D eigenvalue weighted by Gasteiger charge is -2.16. The number of carbonyl (C=O) groups excluding carboxylic acids is 1. The van der Waals surface area contributed by atoms with Crippen molar-refractivity contribution in [3.05, 3.63) is 12.7 Å². The topological polar surface area (TPSA) is 86.7 Å². The molecule has 0 aliphatic heterocycles. The van der Waals surface area contributed by atoms with E-state index in [9.17, 15) is 4.79 Å². The van der Waals surface area contributed by atoms with Crippen LogP contribution in [0.1, 0.15) is 25.6 Å². The molecule has 6 nitrogen and oxygen atoms in total. The fraction of sp³-hybridized carbons (Fsp3) is 0.400. The van der Waals surface area contributed by atoms with E-state index >= 15 is 0 Å². The number of fused-ring (bicyclic) bond motifs is 1. The van der Waals surface area contributed by atoms with Gasteiger partial charge in [0.2, 0.25) is 5.91 Å². The molecule has 0 amide bonds. The van der Waals surface area contributed by atoms with Crippen LogP contribution >= 0.6 is 0 Å². The molecule has 2 aromatic rings. The third-order valence-corrected chi connectivity index (χ3v) is 2.22. The van der Waals surface area contributed by atoms with Crippen molar-refractivity contribution in [3.8, 4) is 0 Å². The summed E-state index contributed by atoms with van der Waals surface area (Å²) in [6.45, 7) is 5.52. The van der Waals surface area contributed by atoms with Gasteiger partial charge in [0.25, 0.3) is 0 Å². The Bertz CT molecular complexity index is 552. The first kappa shape index (κ1) is 10.5. The molecule has 0 saturated heterocycles. The van der Waals surface area contributed by atoms with Gasteiger partial charge >= 0.3 is 0 Å². The van der Waals surface area contributed by atoms with Gasteiger partial charge in [0.05, 0.1) is 0 Å². The summed E-state index contributed by atoms with van der Waals surface area (Å²) >= 11 is 0. The highest BCUT2D eigenvalue weighted by Gasteiger charge is 2.25. The van der Waals surface area contributed by atoms with Crippen LogP contribution in [0.2, 0.25) is 0 Å². The van der Waals surface area contributed by atoms with E-state index in [0.717, 1.165) is 0 Å². The summed E-state index contributed by atoms with van der Waals surface area (Å²) in [5.74, 6) is 0.207. The maximum Gasteiger partial charge on any atom is 0.238 e. The summed E-state index contributed by atoms with van der Waals surface area (Å²) in [6, 6.07) is 0. The van der Waals surface area contributed by atoms with Crippen molar-refractivity contribution in [3.63, 3.8) is 0 Å². The number of hydrogen-bond acceptors (Lipinski definition) is 5. The number of nitrogens with two attached hydrogens (primary N) is 1. The van der Waals surface area contributed by atoms with Crippen molar-refractivity contribution in [1.29, 1.82) is 0 Å². The molecule has 0 saturated carbocycles. The Hall–Kier alpha value is -1.98. The molecule has 0 bridgehead atoms. The fourth-order valence-corrected chi connectivity index (χ4v) is 1.36. The smallest absolute Gasteiger partial charge is 0.238 e. The van der Waals surface area contributed by atoms with Gasteiger partial charge in [0.1, 0.15) is 12.7 Å². The number of imidazole rings is 1. The quantitative estimate of drug-likeness (QED) is 0.716. The van der Waals surface area contributed by atoms with Crippen molar-refractivity contribution in [2.45, 2.75) is 20.8 Å². The van der Waals surface area contributed by atoms with Crippen molar-refractivity contribution in [2.24, 2.45) is 5.41 Å². The first-order valence-electron chi connectivity index (χ1n) is 4.89. The molecule has 0 aromatic carbocycles. The molecule has 0 aliphatic rings. The highest BCUT2D eigenvalue weighted by atomic mass is 16.2. The monoisotopic (exact) mass is 219 g/mol. The van der Waals surface area contributed by atoms with Crippen molar-refractivity contribution in [2.75, 3.05) is 5.73 Å². The number of nitrogens with zero attached hydrogens (tertiary/aromatic N) is 4. The molecule has 0 spiro atoms.